The third kappa shape index (κ3) is 4.52. The largest absolute Gasteiger partial charge is 0.304 e. The van der Waals surface area contributed by atoms with Gasteiger partial charge < -0.3 is 4.90 Å². The molecule has 3 rings (SSSR count). The number of para-hydroxylation sites is 1. The van der Waals surface area contributed by atoms with Crippen LogP contribution in [0.15, 0.2) is 84.9 Å². The van der Waals surface area contributed by atoms with Crippen molar-refractivity contribution >= 4 is 23.4 Å². The number of nitrogens with zero attached hydrogens (tertiary/aromatic N) is 1. The lowest BCUT2D eigenvalue weighted by atomic mass is 10.1. The van der Waals surface area contributed by atoms with Crippen LogP contribution in [0.2, 0.25) is 0 Å². The number of thioether (sulfide) groups is 1. The number of benzene rings is 3. The van der Waals surface area contributed by atoms with Crippen molar-refractivity contribution in [2.45, 2.75) is 12.3 Å². The molecule has 0 aliphatic rings. The van der Waals surface area contributed by atoms with E-state index in [4.69, 9.17) is 0 Å². The highest BCUT2D eigenvalue weighted by atomic mass is 32.2. The maximum absolute atomic E-state index is 13.1. The predicted octanol–water partition coefficient (Wildman–Crippen LogP) is 5.40. The van der Waals surface area contributed by atoms with Gasteiger partial charge in [-0.2, -0.15) is 11.8 Å². The van der Waals surface area contributed by atoms with Crippen molar-refractivity contribution < 1.29 is 4.79 Å². The fourth-order valence-corrected chi connectivity index (χ4v) is 3.25. The van der Waals surface area contributed by atoms with Crippen molar-refractivity contribution in [1.82, 2.24) is 0 Å². The molecule has 3 aromatic carbocycles. The average molecular weight is 347 g/mol. The molecule has 3 heteroatoms. The molecule has 0 heterocycles. The van der Waals surface area contributed by atoms with Crippen molar-refractivity contribution in [2.24, 2.45) is 0 Å². The molecule has 3 aromatic rings. The molecule has 0 unspecified atom stereocenters. The highest BCUT2D eigenvalue weighted by molar-refractivity contribution is 7.97. The predicted molar refractivity (Wildman–Crippen MR) is 107 cm³/mol. The minimum absolute atomic E-state index is 0.0192. The fraction of sp³-hybridized carbons (Fsp3) is 0.136. The summed E-state index contributed by atoms with van der Waals surface area (Å²) in [7, 11) is 0. The third-order valence-electron chi connectivity index (χ3n) is 4.01. The lowest BCUT2D eigenvalue weighted by molar-refractivity contribution is 0.0985. The van der Waals surface area contributed by atoms with E-state index < -0.39 is 0 Å². The molecule has 2 nitrogen and oxygen atoms in total. The Morgan fingerprint density at radius 1 is 0.800 bits per heavy atom. The van der Waals surface area contributed by atoms with E-state index in [0.29, 0.717) is 12.1 Å². The maximum Gasteiger partial charge on any atom is 0.258 e. The van der Waals surface area contributed by atoms with Crippen molar-refractivity contribution in [3.05, 3.63) is 102 Å². The molecule has 0 N–H and O–H groups in total. The second-order valence-corrected chi connectivity index (χ2v) is 6.71. The molecular formula is C22H21NOS. The summed E-state index contributed by atoms with van der Waals surface area (Å²) in [6.45, 7) is 0.552. The number of carbonyl (C=O) groups is 1. The SMILES string of the molecule is CSCc1ccc(C(=O)N(Cc2ccccc2)c2ccccc2)cc1. The van der Waals surface area contributed by atoms with Crippen LogP contribution < -0.4 is 4.90 Å². The van der Waals surface area contributed by atoms with Gasteiger partial charge in [0, 0.05) is 17.0 Å². The Morgan fingerprint density at radius 3 is 2.00 bits per heavy atom. The van der Waals surface area contributed by atoms with E-state index in [1.54, 1.807) is 11.8 Å². The average Bonchev–Trinajstić information content (AvgIpc) is 2.68. The smallest absolute Gasteiger partial charge is 0.258 e. The van der Waals surface area contributed by atoms with E-state index in [2.05, 4.69) is 6.26 Å². The first-order valence-electron chi connectivity index (χ1n) is 8.26. The normalized spacial score (nSPS) is 10.4. The van der Waals surface area contributed by atoms with Gasteiger partial charge in [0.15, 0.2) is 0 Å². The van der Waals surface area contributed by atoms with Crippen LogP contribution in [0.3, 0.4) is 0 Å². The van der Waals surface area contributed by atoms with E-state index in [9.17, 15) is 4.79 Å². The van der Waals surface area contributed by atoms with Gasteiger partial charge in [0.1, 0.15) is 0 Å². The maximum atomic E-state index is 13.1. The van der Waals surface area contributed by atoms with Gasteiger partial charge in [0.2, 0.25) is 0 Å². The van der Waals surface area contributed by atoms with Crippen LogP contribution in [-0.4, -0.2) is 12.2 Å². The Hall–Kier alpha value is -2.52. The van der Waals surface area contributed by atoms with Crippen LogP contribution in [0.5, 0.6) is 0 Å². The zero-order valence-corrected chi connectivity index (χ0v) is 15.1. The van der Waals surface area contributed by atoms with Crippen molar-refractivity contribution in [1.29, 1.82) is 0 Å². The number of anilines is 1. The number of carbonyl (C=O) groups excluding carboxylic acids is 1. The van der Waals surface area contributed by atoms with Gasteiger partial charge in [-0.3, -0.25) is 4.79 Å². The third-order valence-corrected chi connectivity index (χ3v) is 4.63. The van der Waals surface area contributed by atoms with E-state index in [1.165, 1.54) is 5.56 Å². The summed E-state index contributed by atoms with van der Waals surface area (Å²) >= 11 is 1.78. The van der Waals surface area contributed by atoms with Gasteiger partial charge in [-0.1, -0.05) is 60.7 Å². The van der Waals surface area contributed by atoms with Gasteiger partial charge in [-0.25, -0.2) is 0 Å². The summed E-state index contributed by atoms with van der Waals surface area (Å²) < 4.78 is 0. The van der Waals surface area contributed by atoms with Gasteiger partial charge in [0.25, 0.3) is 5.91 Å². The molecule has 25 heavy (non-hydrogen) atoms. The first kappa shape index (κ1) is 17.3. The molecule has 0 aliphatic heterocycles. The molecule has 0 atom stereocenters. The standard InChI is InChI=1S/C22H21NOS/c1-25-17-19-12-14-20(15-13-19)22(24)23(21-10-6-3-7-11-21)16-18-8-4-2-5-9-18/h2-15H,16-17H2,1H3. The van der Waals surface area contributed by atoms with Gasteiger partial charge >= 0.3 is 0 Å². The zero-order valence-electron chi connectivity index (χ0n) is 14.3. The Kier molecular flexibility index (Phi) is 5.91. The first-order valence-corrected chi connectivity index (χ1v) is 9.66. The van der Waals surface area contributed by atoms with Crippen LogP contribution in [0.25, 0.3) is 0 Å². The van der Waals surface area contributed by atoms with Crippen LogP contribution in [0.1, 0.15) is 21.5 Å². The lowest BCUT2D eigenvalue weighted by Crippen LogP contribution is -2.30. The topological polar surface area (TPSA) is 20.3 Å². The highest BCUT2D eigenvalue weighted by Gasteiger charge is 2.18. The molecular weight excluding hydrogens is 326 g/mol. The monoisotopic (exact) mass is 347 g/mol. The van der Waals surface area contributed by atoms with Gasteiger partial charge in [-0.15, -0.1) is 0 Å². The first-order chi connectivity index (χ1) is 12.3. The molecule has 0 radical (unpaired) electrons. The number of amides is 1. The van der Waals surface area contributed by atoms with Crippen molar-refractivity contribution in [3.8, 4) is 0 Å². The number of rotatable bonds is 6. The summed E-state index contributed by atoms with van der Waals surface area (Å²) in [6.07, 6.45) is 2.08. The Bertz CT molecular complexity index is 800. The summed E-state index contributed by atoms with van der Waals surface area (Å²) in [4.78, 5) is 15.0. The van der Waals surface area contributed by atoms with Gasteiger partial charge in [-0.05, 0) is 41.6 Å². The summed E-state index contributed by atoms with van der Waals surface area (Å²) in [5.41, 5.74) is 3.96. The van der Waals surface area contributed by atoms with Crippen LogP contribution in [0.4, 0.5) is 5.69 Å². The molecule has 0 aliphatic carbocycles. The molecule has 0 bridgehead atoms. The molecule has 0 fully saturated rings. The molecule has 126 valence electrons. The Balaban J connectivity index is 1.89. The minimum atomic E-state index is 0.0192. The molecule has 1 amide bonds. The second kappa shape index (κ2) is 8.54. The Labute approximate surface area is 153 Å². The quantitative estimate of drug-likeness (QED) is 0.595. The Morgan fingerprint density at radius 2 is 1.40 bits per heavy atom. The van der Waals surface area contributed by atoms with E-state index in [1.807, 2.05) is 89.8 Å². The van der Waals surface area contributed by atoms with Crippen LogP contribution in [-0.2, 0) is 12.3 Å². The van der Waals surface area contributed by atoms with Crippen LogP contribution in [0, 0.1) is 0 Å². The van der Waals surface area contributed by atoms with E-state index in [-0.39, 0.29) is 5.91 Å². The molecule has 0 spiro atoms. The second-order valence-electron chi connectivity index (χ2n) is 5.84. The van der Waals surface area contributed by atoms with E-state index in [0.717, 1.165) is 17.0 Å². The van der Waals surface area contributed by atoms with Crippen molar-refractivity contribution in [3.63, 3.8) is 0 Å². The van der Waals surface area contributed by atoms with Crippen molar-refractivity contribution in [2.75, 3.05) is 11.2 Å². The molecule has 0 saturated heterocycles. The zero-order chi connectivity index (χ0) is 17.5. The summed E-state index contributed by atoms with van der Waals surface area (Å²) in [5.74, 6) is 0.978. The van der Waals surface area contributed by atoms with E-state index >= 15 is 0 Å². The summed E-state index contributed by atoms with van der Waals surface area (Å²) in [5, 5.41) is 0. The number of hydrogen-bond donors (Lipinski definition) is 0. The van der Waals surface area contributed by atoms with Gasteiger partial charge in [0.05, 0.1) is 6.54 Å². The fourth-order valence-electron chi connectivity index (χ4n) is 2.72. The van der Waals surface area contributed by atoms with Crippen LogP contribution >= 0.6 is 11.8 Å². The summed E-state index contributed by atoms with van der Waals surface area (Å²) in [6, 6.07) is 27.8. The number of hydrogen-bond acceptors (Lipinski definition) is 2. The molecule has 0 aromatic heterocycles. The minimum Gasteiger partial charge on any atom is -0.304 e. The molecule has 0 saturated carbocycles. The lowest BCUT2D eigenvalue weighted by Gasteiger charge is -2.23. The highest BCUT2D eigenvalue weighted by Crippen LogP contribution is 2.21.